The molecule has 0 atom stereocenters. The largest absolute Gasteiger partial charge is 0.451 e. The summed E-state index contributed by atoms with van der Waals surface area (Å²) in [5, 5.41) is 3.55. The van der Waals surface area contributed by atoms with Crippen molar-refractivity contribution in [3.8, 4) is 22.6 Å². The van der Waals surface area contributed by atoms with Gasteiger partial charge < -0.3 is 4.74 Å². The first-order valence-corrected chi connectivity index (χ1v) is 10.2. The van der Waals surface area contributed by atoms with Gasteiger partial charge in [-0.25, -0.2) is 17.5 Å². The smallest absolute Gasteiger partial charge is 0.408 e. The van der Waals surface area contributed by atoms with Gasteiger partial charge in [0.15, 0.2) is 9.84 Å². The Morgan fingerprint density at radius 2 is 1.63 bits per heavy atom. The molecule has 0 fully saturated rings. The van der Waals surface area contributed by atoms with E-state index in [2.05, 4.69) is 5.10 Å². The van der Waals surface area contributed by atoms with Crippen LogP contribution >= 0.6 is 0 Å². The zero-order valence-corrected chi connectivity index (χ0v) is 16.2. The number of ether oxygens (including phenoxy) is 1. The van der Waals surface area contributed by atoms with Gasteiger partial charge in [-0.2, -0.15) is 18.3 Å². The molecule has 0 saturated carbocycles. The Hall–Kier alpha value is -3.21. The summed E-state index contributed by atoms with van der Waals surface area (Å²) in [7, 11) is -3.47. The van der Waals surface area contributed by atoms with Crippen LogP contribution in [0.3, 0.4) is 0 Å². The third-order valence-corrected chi connectivity index (χ3v) is 5.08. The van der Waals surface area contributed by atoms with Gasteiger partial charge in [0.2, 0.25) is 5.75 Å². The molecule has 1 heterocycles. The lowest BCUT2D eigenvalue weighted by atomic mass is 10.1. The number of halogens is 4. The van der Waals surface area contributed by atoms with E-state index in [4.69, 9.17) is 4.74 Å². The molecule has 3 aromatic rings. The van der Waals surface area contributed by atoms with E-state index < -0.39 is 39.7 Å². The Bertz CT molecular complexity index is 1220. The second-order valence-corrected chi connectivity index (χ2v) is 8.33. The molecule has 3 rings (SSSR count). The molecule has 0 aliphatic carbocycles. The van der Waals surface area contributed by atoms with Crippen molar-refractivity contribution in [2.75, 3.05) is 6.26 Å². The number of nitrogens with zero attached hydrogens (tertiary/aromatic N) is 2. The molecule has 30 heavy (non-hydrogen) atoms. The third-order valence-electron chi connectivity index (χ3n) is 3.96. The molecule has 0 unspecified atom stereocenters. The number of rotatable bonds is 5. The van der Waals surface area contributed by atoms with Crippen molar-refractivity contribution in [3.05, 3.63) is 70.9 Å². The van der Waals surface area contributed by atoms with E-state index in [0.717, 1.165) is 24.6 Å². The minimum absolute atomic E-state index is 0.0191. The molecule has 2 aromatic carbocycles. The van der Waals surface area contributed by atoms with Crippen molar-refractivity contribution in [3.63, 3.8) is 0 Å². The average Bonchev–Trinajstić information content (AvgIpc) is 2.65. The molecule has 0 N–H and O–H groups in total. The van der Waals surface area contributed by atoms with Crippen LogP contribution in [0, 0.1) is 5.82 Å². The summed E-state index contributed by atoms with van der Waals surface area (Å²) in [6.07, 6.45) is -2.66. The second kappa shape index (κ2) is 7.90. The van der Waals surface area contributed by atoms with Crippen LogP contribution in [-0.4, -0.2) is 30.6 Å². The van der Waals surface area contributed by atoms with Crippen LogP contribution in [0.2, 0.25) is 0 Å². The SMILES string of the molecule is CS(=O)(=O)c1ccc(-c2cnn(CC(F)(F)F)c(=O)c2Oc2ccc(F)cc2)cc1. The van der Waals surface area contributed by atoms with Gasteiger partial charge in [0.1, 0.15) is 18.1 Å². The normalized spacial score (nSPS) is 12.0. The van der Waals surface area contributed by atoms with Crippen LogP contribution < -0.4 is 10.3 Å². The highest BCUT2D eigenvalue weighted by Gasteiger charge is 2.30. The maximum Gasteiger partial charge on any atom is 0.408 e. The maximum atomic E-state index is 13.1. The van der Waals surface area contributed by atoms with Crippen LogP contribution in [0.1, 0.15) is 0 Å². The van der Waals surface area contributed by atoms with Crippen LogP contribution in [0.15, 0.2) is 64.4 Å². The first-order valence-electron chi connectivity index (χ1n) is 8.35. The van der Waals surface area contributed by atoms with Crippen LogP contribution in [0.5, 0.6) is 11.5 Å². The molecule has 0 amide bonds. The molecule has 0 aliphatic rings. The summed E-state index contributed by atoms with van der Waals surface area (Å²) in [6, 6.07) is 9.86. The number of alkyl halides is 3. The monoisotopic (exact) mass is 442 g/mol. The van der Waals surface area contributed by atoms with Gasteiger partial charge in [0.25, 0.3) is 0 Å². The lowest BCUT2D eigenvalue weighted by Crippen LogP contribution is -2.30. The summed E-state index contributed by atoms with van der Waals surface area (Å²) < 4.78 is 80.3. The Morgan fingerprint density at radius 3 is 2.17 bits per heavy atom. The molecule has 158 valence electrons. The Morgan fingerprint density at radius 1 is 1.03 bits per heavy atom. The molecule has 0 radical (unpaired) electrons. The molecule has 6 nitrogen and oxygen atoms in total. The fraction of sp³-hybridized carbons (Fsp3) is 0.158. The topological polar surface area (TPSA) is 78.3 Å². The van der Waals surface area contributed by atoms with Crippen LogP contribution in [0.4, 0.5) is 17.6 Å². The lowest BCUT2D eigenvalue weighted by molar-refractivity contribution is -0.143. The summed E-state index contributed by atoms with van der Waals surface area (Å²) in [6.45, 7) is -1.63. The number of sulfone groups is 1. The third kappa shape index (κ3) is 5.03. The fourth-order valence-electron chi connectivity index (χ4n) is 2.56. The Labute approximate surface area is 168 Å². The van der Waals surface area contributed by atoms with Gasteiger partial charge >= 0.3 is 11.7 Å². The standard InChI is InChI=1S/C19H14F4N2O4S/c1-30(27,28)15-8-2-12(3-9-15)16-10-24-25(11-19(21,22)23)18(26)17(16)29-14-6-4-13(20)5-7-14/h2-10H,11H2,1H3. The summed E-state index contributed by atoms with van der Waals surface area (Å²) in [4.78, 5) is 12.7. The van der Waals surface area contributed by atoms with Crippen molar-refractivity contribution in [2.45, 2.75) is 17.6 Å². The zero-order valence-electron chi connectivity index (χ0n) is 15.4. The quantitative estimate of drug-likeness (QED) is 0.562. The average molecular weight is 442 g/mol. The molecular formula is C19H14F4N2O4S. The van der Waals surface area contributed by atoms with E-state index in [1.165, 1.54) is 36.4 Å². The molecule has 0 saturated heterocycles. The molecule has 11 heteroatoms. The first kappa shape index (κ1) is 21.5. The van der Waals surface area contributed by atoms with Crippen molar-refractivity contribution < 1.29 is 30.7 Å². The fourth-order valence-corrected chi connectivity index (χ4v) is 3.19. The van der Waals surface area contributed by atoms with E-state index in [0.29, 0.717) is 5.56 Å². The summed E-state index contributed by atoms with van der Waals surface area (Å²) in [5.41, 5.74) is -0.813. The van der Waals surface area contributed by atoms with E-state index in [1.54, 1.807) is 0 Å². The van der Waals surface area contributed by atoms with Gasteiger partial charge in [-0.1, -0.05) is 12.1 Å². The Balaban J connectivity index is 2.12. The molecule has 0 bridgehead atoms. The van der Waals surface area contributed by atoms with Crippen LogP contribution in [0.25, 0.3) is 11.1 Å². The van der Waals surface area contributed by atoms with Gasteiger partial charge in [0.05, 0.1) is 16.7 Å². The van der Waals surface area contributed by atoms with Gasteiger partial charge in [-0.15, -0.1) is 0 Å². The first-order chi connectivity index (χ1) is 13.9. The van der Waals surface area contributed by atoms with E-state index >= 15 is 0 Å². The molecule has 1 aromatic heterocycles. The maximum absolute atomic E-state index is 13.1. The Kier molecular flexibility index (Phi) is 5.66. The molecule has 0 spiro atoms. The number of benzene rings is 2. The van der Waals surface area contributed by atoms with Gasteiger partial charge in [-0.3, -0.25) is 4.79 Å². The van der Waals surface area contributed by atoms with E-state index in [9.17, 15) is 30.8 Å². The zero-order chi connectivity index (χ0) is 22.1. The minimum Gasteiger partial charge on any atom is -0.451 e. The predicted molar refractivity (Wildman–Crippen MR) is 99.6 cm³/mol. The van der Waals surface area contributed by atoms with Crippen molar-refractivity contribution >= 4 is 9.84 Å². The van der Waals surface area contributed by atoms with Crippen molar-refractivity contribution in [1.82, 2.24) is 9.78 Å². The van der Waals surface area contributed by atoms with Crippen LogP contribution in [-0.2, 0) is 16.4 Å². The number of hydrogen-bond donors (Lipinski definition) is 0. The number of aromatic nitrogens is 2. The van der Waals surface area contributed by atoms with E-state index in [1.807, 2.05) is 0 Å². The highest BCUT2D eigenvalue weighted by molar-refractivity contribution is 7.90. The van der Waals surface area contributed by atoms with Crippen molar-refractivity contribution in [1.29, 1.82) is 0 Å². The molecular weight excluding hydrogens is 428 g/mol. The van der Waals surface area contributed by atoms with Crippen molar-refractivity contribution in [2.24, 2.45) is 0 Å². The second-order valence-electron chi connectivity index (χ2n) is 6.32. The van der Waals surface area contributed by atoms with Gasteiger partial charge in [0, 0.05) is 6.26 Å². The predicted octanol–water partition coefficient (Wildman–Crippen LogP) is 3.81. The highest BCUT2D eigenvalue weighted by Crippen LogP contribution is 2.31. The van der Waals surface area contributed by atoms with E-state index in [-0.39, 0.29) is 20.9 Å². The van der Waals surface area contributed by atoms with Gasteiger partial charge in [-0.05, 0) is 42.0 Å². The summed E-state index contributed by atoms with van der Waals surface area (Å²) >= 11 is 0. The highest BCUT2D eigenvalue weighted by atomic mass is 32.2. The lowest BCUT2D eigenvalue weighted by Gasteiger charge is -2.14. The molecule has 0 aliphatic heterocycles. The number of hydrogen-bond acceptors (Lipinski definition) is 5. The summed E-state index contributed by atoms with van der Waals surface area (Å²) in [5.74, 6) is -1.01. The minimum atomic E-state index is -4.69.